The standard InChI is InChI=1S/2C21H29NO5/c2*1-3-25-19(23)21(2)13-18(14-21)27-17-9-11-22(12-10-17)20(24)26-15-16-7-5-4-6-8-16/h2*4-8,17-18H,3,9-15H2,1-2H3. The molecule has 0 spiro atoms. The first-order chi connectivity index (χ1) is 26.0. The maximum atomic E-state index is 12.2. The summed E-state index contributed by atoms with van der Waals surface area (Å²) < 4.78 is 33.3. The van der Waals surface area contributed by atoms with Gasteiger partial charge >= 0.3 is 24.1 Å². The Bertz CT molecular complexity index is 1380. The zero-order valence-corrected chi connectivity index (χ0v) is 32.4. The predicted octanol–water partition coefficient (Wildman–Crippen LogP) is 7.07. The van der Waals surface area contributed by atoms with E-state index in [1.807, 2.05) is 88.4 Å². The third kappa shape index (κ3) is 11.4. The average molecular weight is 751 g/mol. The molecular weight excluding hydrogens is 692 g/mol. The molecule has 2 saturated carbocycles. The fourth-order valence-electron chi connectivity index (χ4n) is 7.54. The van der Waals surface area contributed by atoms with Crippen LogP contribution in [-0.4, -0.2) is 97.7 Å². The number of piperidine rings is 2. The van der Waals surface area contributed by atoms with Gasteiger partial charge in [-0.25, -0.2) is 9.59 Å². The molecular formula is C42H58N2O10. The molecule has 2 aliphatic carbocycles. The monoisotopic (exact) mass is 750 g/mol. The summed E-state index contributed by atoms with van der Waals surface area (Å²) in [5, 5.41) is 0. The zero-order chi connectivity index (χ0) is 38.6. The van der Waals surface area contributed by atoms with Gasteiger partial charge in [-0.3, -0.25) is 9.59 Å². The minimum absolute atomic E-state index is 0.112. The van der Waals surface area contributed by atoms with Crippen LogP contribution in [0.2, 0.25) is 0 Å². The second-order valence-corrected chi connectivity index (χ2v) is 15.3. The summed E-state index contributed by atoms with van der Waals surface area (Å²) in [5.74, 6) is -0.248. The van der Waals surface area contributed by atoms with Gasteiger partial charge in [0.25, 0.3) is 0 Å². The zero-order valence-electron chi connectivity index (χ0n) is 32.4. The SMILES string of the molecule is CCOC(=O)C1(C)CC(OC2CCN(C(=O)OCc3ccccc3)CC2)C1.CCOC(=O)C1(C)CC(OC2CCN(C(=O)OCc3ccccc3)CC2)C1. The summed E-state index contributed by atoms with van der Waals surface area (Å²) in [6, 6.07) is 19.4. The summed E-state index contributed by atoms with van der Waals surface area (Å²) in [7, 11) is 0. The molecule has 0 bridgehead atoms. The van der Waals surface area contributed by atoms with E-state index in [2.05, 4.69) is 0 Å². The molecule has 296 valence electrons. The highest BCUT2D eigenvalue weighted by atomic mass is 16.6. The average Bonchev–Trinajstić information content (AvgIpc) is 3.16. The van der Waals surface area contributed by atoms with Crippen LogP contribution in [0, 0.1) is 10.8 Å². The van der Waals surface area contributed by atoms with Crippen LogP contribution in [0.5, 0.6) is 0 Å². The van der Waals surface area contributed by atoms with Crippen molar-refractivity contribution >= 4 is 24.1 Å². The van der Waals surface area contributed by atoms with Gasteiger partial charge in [0.2, 0.25) is 0 Å². The maximum Gasteiger partial charge on any atom is 0.410 e. The van der Waals surface area contributed by atoms with Crippen LogP contribution in [-0.2, 0) is 51.2 Å². The lowest BCUT2D eigenvalue weighted by Gasteiger charge is -2.44. The Morgan fingerprint density at radius 2 is 0.870 bits per heavy atom. The van der Waals surface area contributed by atoms with Gasteiger partial charge in [0, 0.05) is 26.2 Å². The van der Waals surface area contributed by atoms with E-state index in [-0.39, 0.29) is 48.5 Å². The van der Waals surface area contributed by atoms with Crippen molar-refractivity contribution in [3.63, 3.8) is 0 Å². The number of rotatable bonds is 12. The number of benzene rings is 2. The number of ether oxygens (including phenoxy) is 6. The molecule has 2 aromatic carbocycles. The first kappa shape index (κ1) is 41.0. The van der Waals surface area contributed by atoms with E-state index < -0.39 is 10.8 Å². The molecule has 2 heterocycles. The molecule has 6 rings (SSSR count). The maximum absolute atomic E-state index is 12.2. The van der Waals surface area contributed by atoms with Crippen molar-refractivity contribution in [1.29, 1.82) is 0 Å². The van der Waals surface area contributed by atoms with Crippen molar-refractivity contribution in [2.75, 3.05) is 39.4 Å². The largest absolute Gasteiger partial charge is 0.466 e. The van der Waals surface area contributed by atoms with Gasteiger partial charge < -0.3 is 38.2 Å². The van der Waals surface area contributed by atoms with Crippen molar-refractivity contribution in [1.82, 2.24) is 9.80 Å². The molecule has 54 heavy (non-hydrogen) atoms. The summed E-state index contributed by atoms with van der Waals surface area (Å²) in [6.07, 6.45) is 6.01. The summed E-state index contributed by atoms with van der Waals surface area (Å²) in [5.41, 5.74) is 1.17. The lowest BCUT2D eigenvalue weighted by atomic mass is 9.68. The summed E-state index contributed by atoms with van der Waals surface area (Å²) >= 11 is 0. The fourth-order valence-corrected chi connectivity index (χ4v) is 7.54. The molecule has 0 radical (unpaired) electrons. The number of nitrogens with zero attached hydrogens (tertiary/aromatic N) is 2. The number of carbonyl (C=O) groups is 4. The van der Waals surface area contributed by atoms with Crippen LogP contribution >= 0.6 is 0 Å². The summed E-state index contributed by atoms with van der Waals surface area (Å²) in [4.78, 5) is 51.7. The lowest BCUT2D eigenvalue weighted by Crippen LogP contribution is -2.49. The molecule has 0 N–H and O–H groups in total. The fraction of sp³-hybridized carbons (Fsp3) is 0.619. The third-order valence-corrected chi connectivity index (χ3v) is 10.8. The van der Waals surface area contributed by atoms with Crippen LogP contribution in [0.15, 0.2) is 60.7 Å². The van der Waals surface area contributed by atoms with E-state index in [1.165, 1.54) is 0 Å². The molecule has 12 nitrogen and oxygen atoms in total. The van der Waals surface area contributed by atoms with Gasteiger partial charge in [-0.1, -0.05) is 60.7 Å². The topological polar surface area (TPSA) is 130 Å². The van der Waals surface area contributed by atoms with Gasteiger partial charge in [0.1, 0.15) is 13.2 Å². The van der Waals surface area contributed by atoms with Gasteiger partial charge in [0.15, 0.2) is 0 Å². The smallest absolute Gasteiger partial charge is 0.410 e. The first-order valence-electron chi connectivity index (χ1n) is 19.6. The minimum Gasteiger partial charge on any atom is -0.466 e. The predicted molar refractivity (Wildman–Crippen MR) is 200 cm³/mol. The molecule has 2 amide bonds. The van der Waals surface area contributed by atoms with Crippen LogP contribution in [0.1, 0.15) is 90.2 Å². The molecule has 0 aromatic heterocycles. The number of amides is 2. The highest BCUT2D eigenvalue weighted by Crippen LogP contribution is 2.45. The van der Waals surface area contributed by atoms with E-state index in [9.17, 15) is 19.2 Å². The van der Waals surface area contributed by atoms with Crippen molar-refractivity contribution in [2.24, 2.45) is 10.8 Å². The summed E-state index contributed by atoms with van der Waals surface area (Å²) in [6.45, 7) is 11.5. The molecule has 0 atom stereocenters. The second-order valence-electron chi connectivity index (χ2n) is 15.3. The van der Waals surface area contributed by atoms with Gasteiger partial charge in [0.05, 0.1) is 48.5 Å². The van der Waals surface area contributed by atoms with Crippen molar-refractivity contribution < 1.29 is 47.6 Å². The number of esters is 2. The Balaban J connectivity index is 0.000000208. The number of carbonyl (C=O) groups excluding carboxylic acids is 4. The Morgan fingerprint density at radius 1 is 0.537 bits per heavy atom. The van der Waals surface area contributed by atoms with E-state index in [0.29, 0.717) is 78.3 Å². The van der Waals surface area contributed by atoms with Gasteiger partial charge in [-0.05, 0) is 90.2 Å². The van der Waals surface area contributed by atoms with Crippen LogP contribution in [0.25, 0.3) is 0 Å². The molecule has 12 heteroatoms. The Labute approximate surface area is 319 Å². The van der Waals surface area contributed by atoms with E-state index in [4.69, 9.17) is 28.4 Å². The highest BCUT2D eigenvalue weighted by molar-refractivity contribution is 5.78. The highest BCUT2D eigenvalue weighted by Gasteiger charge is 2.50. The minimum atomic E-state index is -0.400. The van der Waals surface area contributed by atoms with Gasteiger partial charge in [-0.15, -0.1) is 0 Å². The Morgan fingerprint density at radius 3 is 1.19 bits per heavy atom. The molecule has 4 fully saturated rings. The molecule has 2 aromatic rings. The number of hydrogen-bond donors (Lipinski definition) is 0. The second kappa shape index (κ2) is 19.4. The number of hydrogen-bond acceptors (Lipinski definition) is 10. The quantitative estimate of drug-likeness (QED) is 0.164. The van der Waals surface area contributed by atoms with Crippen molar-refractivity contribution in [2.45, 2.75) is 117 Å². The normalized spacial score (nSPS) is 25.6. The molecule has 0 unspecified atom stereocenters. The van der Waals surface area contributed by atoms with Crippen molar-refractivity contribution in [3.05, 3.63) is 71.8 Å². The van der Waals surface area contributed by atoms with Crippen LogP contribution in [0.4, 0.5) is 9.59 Å². The molecule has 4 aliphatic rings. The van der Waals surface area contributed by atoms with E-state index in [0.717, 1.165) is 36.8 Å². The van der Waals surface area contributed by atoms with E-state index >= 15 is 0 Å². The van der Waals surface area contributed by atoms with Gasteiger partial charge in [-0.2, -0.15) is 0 Å². The van der Waals surface area contributed by atoms with Crippen LogP contribution in [0.3, 0.4) is 0 Å². The van der Waals surface area contributed by atoms with Crippen molar-refractivity contribution in [3.8, 4) is 0 Å². The first-order valence-corrected chi connectivity index (χ1v) is 19.6. The Hall–Kier alpha value is -4.16. The Kier molecular flexibility index (Phi) is 14.8. The third-order valence-electron chi connectivity index (χ3n) is 10.8. The number of likely N-dealkylation sites (tertiary alicyclic amines) is 2. The van der Waals surface area contributed by atoms with E-state index in [1.54, 1.807) is 9.80 Å². The lowest BCUT2D eigenvalue weighted by molar-refractivity contribution is -0.177. The molecule has 2 aliphatic heterocycles. The molecule has 2 saturated heterocycles. The van der Waals surface area contributed by atoms with Crippen LogP contribution < -0.4 is 0 Å².